The average molecular weight is 390 g/mol. The molecule has 110 valence electrons. The third-order valence-electron chi connectivity index (χ3n) is 2.54. The van der Waals surface area contributed by atoms with Gasteiger partial charge in [-0.1, -0.05) is 29.3 Å². The van der Waals surface area contributed by atoms with Crippen LogP contribution in [0.4, 0.5) is 11.4 Å². The minimum absolute atomic E-state index is 0.184. The van der Waals surface area contributed by atoms with Gasteiger partial charge in [-0.2, -0.15) is 0 Å². The first-order valence-corrected chi connectivity index (χ1v) is 7.44. The van der Waals surface area contributed by atoms with E-state index < -0.39 is 0 Å². The maximum Gasteiger partial charge on any atom is 0.262 e. The van der Waals surface area contributed by atoms with Crippen LogP contribution in [-0.4, -0.2) is 12.5 Å². The number of nitrogens with two attached hydrogens (primary N) is 1. The number of ether oxygens (including phenoxy) is 1. The summed E-state index contributed by atoms with van der Waals surface area (Å²) in [7, 11) is 0. The second-order valence-corrected chi connectivity index (χ2v) is 5.77. The van der Waals surface area contributed by atoms with Gasteiger partial charge in [0.1, 0.15) is 10.8 Å². The number of anilines is 2. The van der Waals surface area contributed by atoms with Gasteiger partial charge in [0.15, 0.2) is 6.61 Å². The summed E-state index contributed by atoms with van der Waals surface area (Å²) in [6, 6.07) is 10.1. The molecule has 0 unspecified atom stereocenters. The lowest BCUT2D eigenvalue weighted by atomic mass is 10.3. The predicted molar refractivity (Wildman–Crippen MR) is 89.1 cm³/mol. The molecule has 1 amide bonds. The number of nitrogens with one attached hydrogen (secondary N) is 1. The fourth-order valence-corrected chi connectivity index (χ4v) is 2.40. The van der Waals surface area contributed by atoms with E-state index >= 15 is 0 Å². The van der Waals surface area contributed by atoms with Crippen molar-refractivity contribution in [3.05, 3.63) is 50.9 Å². The lowest BCUT2D eigenvalue weighted by Crippen LogP contribution is -2.20. The predicted octanol–water partition coefficient (Wildman–Crippen LogP) is 4.36. The van der Waals surface area contributed by atoms with Gasteiger partial charge in [0.2, 0.25) is 0 Å². The van der Waals surface area contributed by atoms with Crippen molar-refractivity contribution >= 4 is 56.4 Å². The summed E-state index contributed by atoms with van der Waals surface area (Å²) in [5.41, 5.74) is 6.83. The summed E-state index contributed by atoms with van der Waals surface area (Å²) in [6.07, 6.45) is 0. The van der Waals surface area contributed by atoms with Gasteiger partial charge in [-0.05, 0) is 46.3 Å². The summed E-state index contributed by atoms with van der Waals surface area (Å²) >= 11 is 15.2. The Labute approximate surface area is 140 Å². The van der Waals surface area contributed by atoms with Gasteiger partial charge in [-0.15, -0.1) is 0 Å². The van der Waals surface area contributed by atoms with Gasteiger partial charge in [-0.25, -0.2) is 0 Å². The molecule has 0 aromatic heterocycles. The van der Waals surface area contributed by atoms with E-state index in [0.717, 1.165) is 0 Å². The standard InChI is InChI=1S/C14H11BrCl2N2O2/c15-9-6-8(18)4-5-11(9)19-13(20)7-21-12-3-1-2-10(16)14(12)17/h1-6H,7,18H2,(H,19,20). The molecule has 0 saturated carbocycles. The number of halogens is 3. The first-order valence-electron chi connectivity index (χ1n) is 5.89. The maximum absolute atomic E-state index is 11.9. The van der Waals surface area contributed by atoms with Crippen molar-refractivity contribution < 1.29 is 9.53 Å². The van der Waals surface area contributed by atoms with Gasteiger partial charge in [0.25, 0.3) is 5.91 Å². The quantitative estimate of drug-likeness (QED) is 0.763. The number of benzene rings is 2. The van der Waals surface area contributed by atoms with E-state index in [1.807, 2.05) is 0 Å². The SMILES string of the molecule is Nc1ccc(NC(=O)COc2cccc(Cl)c2Cl)c(Br)c1. The van der Waals surface area contributed by atoms with Crippen LogP contribution in [0.5, 0.6) is 5.75 Å². The highest BCUT2D eigenvalue weighted by atomic mass is 79.9. The van der Waals surface area contributed by atoms with Crippen LogP contribution in [0.15, 0.2) is 40.9 Å². The highest BCUT2D eigenvalue weighted by Crippen LogP contribution is 2.31. The van der Waals surface area contributed by atoms with E-state index in [0.29, 0.717) is 26.6 Å². The van der Waals surface area contributed by atoms with Crippen molar-refractivity contribution in [3.63, 3.8) is 0 Å². The topological polar surface area (TPSA) is 64.3 Å². The van der Waals surface area contributed by atoms with Crippen LogP contribution in [0, 0.1) is 0 Å². The molecule has 2 aromatic rings. The van der Waals surface area contributed by atoms with Crippen molar-refractivity contribution in [3.8, 4) is 5.75 Å². The molecule has 0 atom stereocenters. The molecule has 2 rings (SSSR count). The molecule has 3 N–H and O–H groups in total. The van der Waals surface area contributed by atoms with E-state index in [9.17, 15) is 4.79 Å². The van der Waals surface area contributed by atoms with Crippen LogP contribution < -0.4 is 15.8 Å². The zero-order valence-corrected chi connectivity index (χ0v) is 13.8. The molecule has 4 nitrogen and oxygen atoms in total. The Morgan fingerprint density at radius 1 is 1.29 bits per heavy atom. The third kappa shape index (κ3) is 4.27. The summed E-state index contributed by atoms with van der Waals surface area (Å²) in [6.45, 7) is -0.184. The smallest absolute Gasteiger partial charge is 0.262 e. The Kier molecular flexibility index (Phi) is 5.33. The molecule has 0 heterocycles. The van der Waals surface area contributed by atoms with Crippen molar-refractivity contribution in [1.82, 2.24) is 0 Å². The first kappa shape index (κ1) is 15.9. The van der Waals surface area contributed by atoms with E-state index in [1.165, 1.54) is 0 Å². The zero-order valence-electron chi connectivity index (χ0n) is 10.7. The van der Waals surface area contributed by atoms with Gasteiger partial charge in [0.05, 0.1) is 10.7 Å². The molecule has 21 heavy (non-hydrogen) atoms. The summed E-state index contributed by atoms with van der Waals surface area (Å²) in [5.74, 6) is 0.0344. The van der Waals surface area contributed by atoms with Gasteiger partial charge in [0, 0.05) is 10.2 Å². The Morgan fingerprint density at radius 2 is 2.05 bits per heavy atom. The monoisotopic (exact) mass is 388 g/mol. The van der Waals surface area contributed by atoms with Crippen LogP contribution in [-0.2, 0) is 4.79 Å². The number of rotatable bonds is 4. The molecule has 0 aliphatic carbocycles. The number of nitrogen functional groups attached to an aromatic ring is 1. The molecule has 0 aliphatic rings. The summed E-state index contributed by atoms with van der Waals surface area (Å²) in [4.78, 5) is 11.9. The molecule has 0 radical (unpaired) electrons. The number of carbonyl (C=O) groups is 1. The molecular weight excluding hydrogens is 379 g/mol. The van der Waals surface area contributed by atoms with Crippen LogP contribution in [0.25, 0.3) is 0 Å². The van der Waals surface area contributed by atoms with E-state index in [4.69, 9.17) is 33.7 Å². The summed E-state index contributed by atoms with van der Waals surface area (Å²) < 4.78 is 6.04. The fourth-order valence-electron chi connectivity index (χ4n) is 1.56. The van der Waals surface area contributed by atoms with Crippen LogP contribution >= 0.6 is 39.1 Å². The third-order valence-corrected chi connectivity index (χ3v) is 4.00. The van der Waals surface area contributed by atoms with E-state index in [2.05, 4.69) is 21.2 Å². The normalized spacial score (nSPS) is 10.2. The minimum Gasteiger partial charge on any atom is -0.482 e. The van der Waals surface area contributed by atoms with E-state index in [-0.39, 0.29) is 17.5 Å². The largest absolute Gasteiger partial charge is 0.482 e. The Hall–Kier alpha value is -1.43. The molecule has 0 fully saturated rings. The number of hydrogen-bond donors (Lipinski definition) is 2. The molecule has 0 spiro atoms. The van der Waals surface area contributed by atoms with Gasteiger partial charge >= 0.3 is 0 Å². The zero-order chi connectivity index (χ0) is 15.4. The Balaban J connectivity index is 1.97. The number of hydrogen-bond acceptors (Lipinski definition) is 3. The van der Waals surface area contributed by atoms with Crippen LogP contribution in [0.1, 0.15) is 0 Å². The Bertz CT molecular complexity index is 680. The minimum atomic E-state index is -0.323. The molecule has 2 aromatic carbocycles. The van der Waals surface area contributed by atoms with E-state index in [1.54, 1.807) is 36.4 Å². The van der Waals surface area contributed by atoms with Gasteiger partial charge in [-0.3, -0.25) is 4.79 Å². The molecule has 0 bridgehead atoms. The Morgan fingerprint density at radius 3 is 2.76 bits per heavy atom. The second kappa shape index (κ2) is 7.02. The lowest BCUT2D eigenvalue weighted by Gasteiger charge is -2.10. The van der Waals surface area contributed by atoms with Crippen molar-refractivity contribution in [2.75, 3.05) is 17.7 Å². The molecule has 7 heteroatoms. The summed E-state index contributed by atoms with van der Waals surface area (Å²) in [5, 5.41) is 3.35. The first-order chi connectivity index (χ1) is 9.97. The van der Waals surface area contributed by atoms with Crippen LogP contribution in [0.2, 0.25) is 10.0 Å². The average Bonchev–Trinajstić information content (AvgIpc) is 2.43. The second-order valence-electron chi connectivity index (χ2n) is 4.13. The highest BCUT2D eigenvalue weighted by Gasteiger charge is 2.10. The van der Waals surface area contributed by atoms with Crippen molar-refractivity contribution in [2.24, 2.45) is 0 Å². The van der Waals surface area contributed by atoms with Crippen molar-refractivity contribution in [2.45, 2.75) is 0 Å². The maximum atomic E-state index is 11.9. The van der Waals surface area contributed by atoms with Gasteiger partial charge < -0.3 is 15.8 Å². The molecular formula is C14H11BrCl2N2O2. The molecule has 0 aliphatic heterocycles. The number of carbonyl (C=O) groups excluding carboxylic acids is 1. The number of amides is 1. The molecule has 0 saturated heterocycles. The fraction of sp³-hybridized carbons (Fsp3) is 0.0714. The van der Waals surface area contributed by atoms with Crippen LogP contribution in [0.3, 0.4) is 0 Å². The lowest BCUT2D eigenvalue weighted by molar-refractivity contribution is -0.118. The van der Waals surface area contributed by atoms with Crippen molar-refractivity contribution in [1.29, 1.82) is 0 Å². The highest BCUT2D eigenvalue weighted by molar-refractivity contribution is 9.10.